The number of halogens is 2. The van der Waals surface area contributed by atoms with Crippen LogP contribution in [0.3, 0.4) is 0 Å². The second kappa shape index (κ2) is 4.85. The maximum atomic E-state index is 13.4. The lowest BCUT2D eigenvalue weighted by Crippen LogP contribution is -2.45. The quantitative estimate of drug-likeness (QED) is 0.887. The van der Waals surface area contributed by atoms with Crippen molar-refractivity contribution in [3.05, 3.63) is 29.8 Å². The first-order valence-electron chi connectivity index (χ1n) is 5.55. The molecule has 1 aliphatic rings. The Balaban J connectivity index is 2.08. The number of carboxylic acids is 1. The minimum Gasteiger partial charge on any atom is -0.480 e. The highest BCUT2D eigenvalue weighted by atomic mass is 32.2. The molecule has 2 atom stereocenters. The van der Waals surface area contributed by atoms with E-state index >= 15 is 0 Å². The van der Waals surface area contributed by atoms with E-state index in [0.717, 1.165) is 30.0 Å². The van der Waals surface area contributed by atoms with E-state index in [1.54, 1.807) is 0 Å². The van der Waals surface area contributed by atoms with Gasteiger partial charge in [0.15, 0.2) is 0 Å². The van der Waals surface area contributed by atoms with Gasteiger partial charge in [0.1, 0.15) is 17.2 Å². The van der Waals surface area contributed by atoms with E-state index in [2.05, 4.69) is 0 Å². The first kappa shape index (κ1) is 13.3. The zero-order valence-corrected chi connectivity index (χ0v) is 10.3. The number of carbonyl (C=O) groups is 1. The summed E-state index contributed by atoms with van der Waals surface area (Å²) >= 11 is 1.15. The third kappa shape index (κ3) is 2.64. The lowest BCUT2D eigenvalue weighted by molar-refractivity contribution is -0.143. The Bertz CT molecular complexity index is 483. The van der Waals surface area contributed by atoms with Crippen LogP contribution in [0.1, 0.15) is 19.3 Å². The predicted molar refractivity (Wildman–Crippen MR) is 64.4 cm³/mol. The van der Waals surface area contributed by atoms with Gasteiger partial charge in [0.05, 0.1) is 0 Å². The first-order valence-corrected chi connectivity index (χ1v) is 6.43. The Morgan fingerprint density at radius 3 is 2.83 bits per heavy atom. The molecule has 0 bridgehead atoms. The van der Waals surface area contributed by atoms with Crippen LogP contribution >= 0.6 is 11.8 Å². The molecule has 0 saturated heterocycles. The van der Waals surface area contributed by atoms with Gasteiger partial charge >= 0.3 is 5.97 Å². The van der Waals surface area contributed by atoms with Crippen molar-refractivity contribution in [3.8, 4) is 0 Å². The summed E-state index contributed by atoms with van der Waals surface area (Å²) in [5, 5.41) is 8.89. The van der Waals surface area contributed by atoms with Crippen LogP contribution in [0.5, 0.6) is 0 Å². The molecule has 98 valence electrons. The Morgan fingerprint density at radius 2 is 2.22 bits per heavy atom. The van der Waals surface area contributed by atoms with Gasteiger partial charge in [-0.25, -0.2) is 8.78 Å². The maximum absolute atomic E-state index is 13.4. The summed E-state index contributed by atoms with van der Waals surface area (Å²) in [4.78, 5) is 11.2. The Kier molecular flexibility index (Phi) is 3.59. The fourth-order valence-corrected chi connectivity index (χ4v) is 3.41. The van der Waals surface area contributed by atoms with Crippen molar-refractivity contribution in [3.63, 3.8) is 0 Å². The second-order valence-corrected chi connectivity index (χ2v) is 5.86. The van der Waals surface area contributed by atoms with E-state index in [1.165, 1.54) is 0 Å². The lowest BCUT2D eigenvalue weighted by atomic mass is 10.0. The third-order valence-electron chi connectivity index (χ3n) is 3.12. The van der Waals surface area contributed by atoms with Crippen molar-refractivity contribution in [2.75, 3.05) is 0 Å². The summed E-state index contributed by atoms with van der Waals surface area (Å²) in [7, 11) is 0. The van der Waals surface area contributed by atoms with E-state index in [9.17, 15) is 13.6 Å². The highest BCUT2D eigenvalue weighted by molar-refractivity contribution is 8.00. The van der Waals surface area contributed by atoms with Crippen LogP contribution < -0.4 is 5.73 Å². The van der Waals surface area contributed by atoms with Gasteiger partial charge in [0.25, 0.3) is 0 Å². The Labute approximate surface area is 107 Å². The summed E-state index contributed by atoms with van der Waals surface area (Å²) in [5.41, 5.74) is 4.50. The number of thioether (sulfide) groups is 1. The molecule has 1 aliphatic carbocycles. The molecule has 1 saturated carbocycles. The molecule has 0 amide bonds. The topological polar surface area (TPSA) is 63.3 Å². The van der Waals surface area contributed by atoms with Gasteiger partial charge in [-0.15, -0.1) is 11.8 Å². The van der Waals surface area contributed by atoms with Gasteiger partial charge in [-0.2, -0.15) is 0 Å². The molecule has 2 rings (SSSR count). The van der Waals surface area contributed by atoms with Crippen molar-refractivity contribution in [1.82, 2.24) is 0 Å². The minimum absolute atomic E-state index is 0.0950. The Morgan fingerprint density at radius 1 is 1.50 bits per heavy atom. The van der Waals surface area contributed by atoms with Gasteiger partial charge in [-0.1, -0.05) is 0 Å². The molecule has 1 fully saturated rings. The average molecular weight is 273 g/mol. The SMILES string of the molecule is NC1(C(=O)O)CCC(Sc2cc(F)ccc2F)C1. The van der Waals surface area contributed by atoms with Gasteiger partial charge in [-0.3, -0.25) is 4.79 Å². The molecule has 0 spiro atoms. The van der Waals surface area contributed by atoms with Gasteiger partial charge in [0, 0.05) is 10.1 Å². The van der Waals surface area contributed by atoms with Crippen LogP contribution in [0.25, 0.3) is 0 Å². The lowest BCUT2D eigenvalue weighted by Gasteiger charge is -2.18. The summed E-state index contributed by atoms with van der Waals surface area (Å²) < 4.78 is 26.4. The maximum Gasteiger partial charge on any atom is 0.323 e. The van der Waals surface area contributed by atoms with E-state index in [0.29, 0.717) is 12.8 Å². The smallest absolute Gasteiger partial charge is 0.323 e. The van der Waals surface area contributed by atoms with Crippen LogP contribution in [0, 0.1) is 11.6 Å². The number of hydrogen-bond acceptors (Lipinski definition) is 3. The third-order valence-corrected chi connectivity index (χ3v) is 4.42. The number of carboxylic acid groups (broad SMARTS) is 1. The van der Waals surface area contributed by atoms with E-state index in [-0.39, 0.29) is 16.6 Å². The largest absolute Gasteiger partial charge is 0.480 e. The number of benzene rings is 1. The molecule has 1 aromatic rings. The second-order valence-electron chi connectivity index (χ2n) is 4.52. The van der Waals surface area contributed by atoms with E-state index < -0.39 is 23.1 Å². The van der Waals surface area contributed by atoms with Crippen LogP contribution in [0.4, 0.5) is 8.78 Å². The molecule has 6 heteroatoms. The first-order chi connectivity index (χ1) is 8.40. The molecule has 0 aromatic heterocycles. The fourth-order valence-electron chi connectivity index (χ4n) is 2.07. The monoisotopic (exact) mass is 273 g/mol. The molecular weight excluding hydrogens is 260 g/mol. The van der Waals surface area contributed by atoms with Crippen molar-refractivity contribution in [2.45, 2.75) is 34.9 Å². The summed E-state index contributed by atoms with van der Waals surface area (Å²) in [5.74, 6) is -2.04. The summed E-state index contributed by atoms with van der Waals surface area (Å²) in [6, 6.07) is 3.25. The molecule has 0 aliphatic heterocycles. The highest BCUT2D eigenvalue weighted by Gasteiger charge is 2.42. The predicted octanol–water partition coefficient (Wildman–Crippen LogP) is 2.39. The molecule has 3 nitrogen and oxygen atoms in total. The molecule has 0 heterocycles. The fraction of sp³-hybridized carbons (Fsp3) is 0.417. The molecule has 2 unspecified atom stereocenters. The van der Waals surface area contributed by atoms with Gasteiger partial charge in [0.2, 0.25) is 0 Å². The van der Waals surface area contributed by atoms with E-state index in [4.69, 9.17) is 10.8 Å². The number of rotatable bonds is 3. The highest BCUT2D eigenvalue weighted by Crippen LogP contribution is 2.40. The molecule has 0 radical (unpaired) electrons. The summed E-state index contributed by atoms with van der Waals surface area (Å²) in [6.45, 7) is 0. The molecular formula is C12H13F2NO2S. The van der Waals surface area contributed by atoms with Crippen LogP contribution in [-0.4, -0.2) is 21.9 Å². The average Bonchev–Trinajstić information content (AvgIpc) is 2.67. The van der Waals surface area contributed by atoms with E-state index in [1.807, 2.05) is 0 Å². The Hall–Kier alpha value is -1.14. The molecule has 18 heavy (non-hydrogen) atoms. The number of nitrogens with two attached hydrogens (primary N) is 1. The summed E-state index contributed by atoms with van der Waals surface area (Å²) in [6.07, 6.45) is 1.21. The molecule has 1 aromatic carbocycles. The normalized spacial score (nSPS) is 27.4. The van der Waals surface area contributed by atoms with Crippen LogP contribution in [0.2, 0.25) is 0 Å². The van der Waals surface area contributed by atoms with Crippen LogP contribution in [-0.2, 0) is 4.79 Å². The number of aliphatic carboxylic acids is 1. The zero-order chi connectivity index (χ0) is 13.3. The number of hydrogen-bond donors (Lipinski definition) is 2. The van der Waals surface area contributed by atoms with Crippen molar-refractivity contribution < 1.29 is 18.7 Å². The van der Waals surface area contributed by atoms with Crippen molar-refractivity contribution >= 4 is 17.7 Å². The van der Waals surface area contributed by atoms with Gasteiger partial charge in [-0.05, 0) is 37.5 Å². The zero-order valence-electron chi connectivity index (χ0n) is 9.53. The van der Waals surface area contributed by atoms with Crippen molar-refractivity contribution in [1.29, 1.82) is 0 Å². The standard InChI is InChI=1S/C12H13F2NO2S/c13-7-1-2-9(14)10(5-7)18-8-3-4-12(15,6-8)11(16)17/h1-2,5,8H,3-4,6,15H2,(H,16,17). The van der Waals surface area contributed by atoms with Gasteiger partial charge < -0.3 is 10.8 Å². The molecule has 3 N–H and O–H groups in total. The van der Waals surface area contributed by atoms with Crippen LogP contribution in [0.15, 0.2) is 23.1 Å². The minimum atomic E-state index is -1.23. The van der Waals surface area contributed by atoms with Crippen molar-refractivity contribution in [2.24, 2.45) is 5.73 Å².